The van der Waals surface area contributed by atoms with Gasteiger partial charge in [0, 0.05) is 25.3 Å². The molecular formula is C21H29N5O4S. The van der Waals surface area contributed by atoms with Crippen LogP contribution in [-0.2, 0) is 10.0 Å². The number of pyridine rings is 1. The van der Waals surface area contributed by atoms with Crippen molar-refractivity contribution in [2.45, 2.75) is 40.7 Å². The monoisotopic (exact) mass is 447 g/mol. The Labute approximate surface area is 183 Å². The van der Waals surface area contributed by atoms with Crippen LogP contribution in [0.3, 0.4) is 0 Å². The smallest absolute Gasteiger partial charge is 0.339 e. The SMILES string of the molecule is CCN(CC)C(=O)N(c1cccc(C)c1)c1ccncc1NS(=O)(=O)C(=O)NC(C)C. The fraction of sp³-hybridized carbons (Fsp3) is 0.381. The van der Waals surface area contributed by atoms with E-state index in [9.17, 15) is 18.0 Å². The van der Waals surface area contributed by atoms with Crippen molar-refractivity contribution in [2.75, 3.05) is 22.7 Å². The maximum atomic E-state index is 13.4. The van der Waals surface area contributed by atoms with E-state index >= 15 is 0 Å². The average molecular weight is 448 g/mol. The number of anilines is 3. The Morgan fingerprint density at radius 1 is 1.13 bits per heavy atom. The standard InChI is InChI=1S/C21H29N5O4S/c1-6-25(7-2)21(28)26(17-10-8-9-16(5)13-17)19-11-12-22-14-18(19)24-31(29,30)20(27)23-15(3)4/h8-15,24H,6-7H2,1-5H3,(H,23,27). The van der Waals surface area contributed by atoms with E-state index in [1.54, 1.807) is 24.8 Å². The molecule has 0 radical (unpaired) electrons. The molecule has 0 spiro atoms. The van der Waals surface area contributed by atoms with Gasteiger partial charge in [0.05, 0.1) is 23.3 Å². The number of nitrogens with zero attached hydrogens (tertiary/aromatic N) is 3. The van der Waals surface area contributed by atoms with E-state index in [4.69, 9.17) is 0 Å². The highest BCUT2D eigenvalue weighted by Crippen LogP contribution is 2.33. The van der Waals surface area contributed by atoms with Crippen molar-refractivity contribution in [3.8, 4) is 0 Å². The number of hydrogen-bond donors (Lipinski definition) is 2. The van der Waals surface area contributed by atoms with Crippen LogP contribution >= 0.6 is 0 Å². The van der Waals surface area contributed by atoms with Gasteiger partial charge in [-0.2, -0.15) is 8.42 Å². The highest BCUT2D eigenvalue weighted by atomic mass is 32.2. The Morgan fingerprint density at radius 2 is 1.81 bits per heavy atom. The predicted octanol–water partition coefficient (Wildman–Crippen LogP) is 3.85. The second-order valence-corrected chi connectivity index (χ2v) is 8.80. The van der Waals surface area contributed by atoms with Gasteiger partial charge >= 0.3 is 21.3 Å². The Morgan fingerprint density at radius 3 is 2.39 bits per heavy atom. The third kappa shape index (κ3) is 5.94. The maximum absolute atomic E-state index is 13.4. The summed E-state index contributed by atoms with van der Waals surface area (Å²) in [6, 6.07) is 8.15. The number of benzene rings is 1. The number of sulfonamides is 1. The number of carbonyl (C=O) groups excluding carboxylic acids is 2. The van der Waals surface area contributed by atoms with Gasteiger partial charge in [-0.05, 0) is 58.4 Å². The molecule has 2 N–H and O–H groups in total. The van der Waals surface area contributed by atoms with Crippen molar-refractivity contribution < 1.29 is 18.0 Å². The number of nitrogens with one attached hydrogen (secondary N) is 2. The second-order valence-electron chi connectivity index (χ2n) is 7.21. The van der Waals surface area contributed by atoms with Crippen LogP contribution in [0.1, 0.15) is 33.3 Å². The lowest BCUT2D eigenvalue weighted by molar-refractivity contribution is 0.212. The van der Waals surface area contributed by atoms with Crippen molar-refractivity contribution in [3.63, 3.8) is 0 Å². The summed E-state index contributed by atoms with van der Waals surface area (Å²) in [5, 5.41) is 1.19. The molecule has 2 aromatic rings. The molecule has 31 heavy (non-hydrogen) atoms. The lowest BCUT2D eigenvalue weighted by atomic mass is 10.2. The van der Waals surface area contributed by atoms with E-state index in [1.165, 1.54) is 23.4 Å². The van der Waals surface area contributed by atoms with Crippen LogP contribution in [0.15, 0.2) is 42.7 Å². The first kappa shape index (κ1) is 24.1. The molecule has 168 valence electrons. The summed E-state index contributed by atoms with van der Waals surface area (Å²) in [5.41, 5.74) is 1.78. The van der Waals surface area contributed by atoms with E-state index in [0.717, 1.165) is 5.56 Å². The highest BCUT2D eigenvalue weighted by Gasteiger charge is 2.28. The Kier molecular flexibility index (Phi) is 7.98. The molecule has 1 heterocycles. The van der Waals surface area contributed by atoms with Crippen LogP contribution in [0.25, 0.3) is 0 Å². The van der Waals surface area contributed by atoms with Crippen LogP contribution in [0, 0.1) is 6.92 Å². The molecule has 10 heteroatoms. The minimum Gasteiger partial charge on any atom is -0.339 e. The molecule has 0 fully saturated rings. The summed E-state index contributed by atoms with van der Waals surface area (Å²) >= 11 is 0. The lowest BCUT2D eigenvalue weighted by Gasteiger charge is -2.30. The molecule has 0 saturated heterocycles. The van der Waals surface area contributed by atoms with E-state index in [-0.39, 0.29) is 23.4 Å². The minimum atomic E-state index is -4.40. The summed E-state index contributed by atoms with van der Waals surface area (Å²) in [6.45, 7) is 9.89. The van der Waals surface area contributed by atoms with Crippen molar-refractivity contribution >= 4 is 38.4 Å². The topological polar surface area (TPSA) is 112 Å². The third-order valence-corrected chi connectivity index (χ3v) is 5.51. The molecule has 0 atom stereocenters. The Hall–Kier alpha value is -3.14. The molecular weight excluding hydrogens is 418 g/mol. The van der Waals surface area contributed by atoms with Gasteiger partial charge in [-0.25, -0.2) is 4.79 Å². The van der Waals surface area contributed by atoms with Crippen LogP contribution in [0.2, 0.25) is 0 Å². The van der Waals surface area contributed by atoms with Crippen LogP contribution in [0.4, 0.5) is 26.7 Å². The second kappa shape index (κ2) is 10.3. The van der Waals surface area contributed by atoms with Crippen LogP contribution in [0.5, 0.6) is 0 Å². The normalized spacial score (nSPS) is 11.2. The molecule has 1 aromatic heterocycles. The predicted molar refractivity (Wildman–Crippen MR) is 122 cm³/mol. The quantitative estimate of drug-likeness (QED) is 0.670. The molecule has 0 saturated carbocycles. The molecule has 3 amide bonds. The Bertz CT molecular complexity index is 1040. The molecule has 0 aliphatic heterocycles. The first-order valence-electron chi connectivity index (χ1n) is 10.0. The van der Waals surface area contributed by atoms with Gasteiger partial charge < -0.3 is 10.2 Å². The van der Waals surface area contributed by atoms with E-state index in [0.29, 0.717) is 18.8 Å². The minimum absolute atomic E-state index is 0.0171. The number of aryl methyl sites for hydroxylation is 1. The van der Waals surface area contributed by atoms with Gasteiger partial charge in [0.1, 0.15) is 0 Å². The summed E-state index contributed by atoms with van der Waals surface area (Å²) in [4.78, 5) is 32.5. The number of rotatable bonds is 7. The fourth-order valence-electron chi connectivity index (χ4n) is 2.92. The van der Waals surface area contributed by atoms with Crippen molar-refractivity contribution in [3.05, 3.63) is 48.3 Å². The van der Waals surface area contributed by atoms with Gasteiger partial charge in [0.15, 0.2) is 0 Å². The summed E-state index contributed by atoms with van der Waals surface area (Å²) in [5.74, 6) is 0. The van der Waals surface area contributed by atoms with Crippen molar-refractivity contribution in [2.24, 2.45) is 0 Å². The van der Waals surface area contributed by atoms with E-state index in [2.05, 4.69) is 15.0 Å². The van der Waals surface area contributed by atoms with Gasteiger partial charge in [-0.3, -0.25) is 19.4 Å². The zero-order valence-electron chi connectivity index (χ0n) is 18.4. The third-order valence-electron chi connectivity index (χ3n) is 4.42. The number of hydrogen-bond acceptors (Lipinski definition) is 5. The lowest BCUT2D eigenvalue weighted by Crippen LogP contribution is -2.41. The average Bonchev–Trinajstić information content (AvgIpc) is 2.70. The van der Waals surface area contributed by atoms with E-state index in [1.807, 2.05) is 39.0 Å². The van der Waals surface area contributed by atoms with Gasteiger partial charge in [0.25, 0.3) is 0 Å². The van der Waals surface area contributed by atoms with E-state index < -0.39 is 15.3 Å². The van der Waals surface area contributed by atoms with Crippen LogP contribution < -0.4 is 14.9 Å². The summed E-state index contributed by atoms with van der Waals surface area (Å²) < 4.78 is 27.4. The first-order valence-corrected chi connectivity index (χ1v) is 11.5. The molecule has 0 aliphatic rings. The van der Waals surface area contributed by atoms with Crippen LogP contribution in [-0.4, -0.2) is 48.7 Å². The Balaban J connectivity index is 2.58. The fourth-order valence-corrected chi connectivity index (χ4v) is 3.85. The zero-order chi connectivity index (χ0) is 23.2. The van der Waals surface area contributed by atoms with Gasteiger partial charge in [-0.1, -0.05) is 12.1 Å². The first-order chi connectivity index (χ1) is 14.6. The number of urea groups is 1. The molecule has 9 nitrogen and oxygen atoms in total. The number of amides is 3. The largest absolute Gasteiger partial charge is 0.357 e. The highest BCUT2D eigenvalue weighted by molar-refractivity contribution is 8.07. The summed E-state index contributed by atoms with van der Waals surface area (Å²) in [7, 11) is -4.40. The molecule has 0 bridgehead atoms. The molecule has 0 unspecified atom stereocenters. The molecule has 0 aliphatic carbocycles. The van der Waals surface area contributed by atoms with Gasteiger partial charge in [0.2, 0.25) is 0 Å². The maximum Gasteiger partial charge on any atom is 0.357 e. The molecule has 2 rings (SSSR count). The van der Waals surface area contributed by atoms with Gasteiger partial charge in [-0.15, -0.1) is 0 Å². The van der Waals surface area contributed by atoms with Crippen molar-refractivity contribution in [1.82, 2.24) is 15.2 Å². The summed E-state index contributed by atoms with van der Waals surface area (Å²) in [6.07, 6.45) is 2.73. The molecule has 1 aromatic carbocycles. The number of aromatic nitrogens is 1. The number of carbonyl (C=O) groups is 2. The zero-order valence-corrected chi connectivity index (χ0v) is 19.2. The van der Waals surface area contributed by atoms with Crippen molar-refractivity contribution in [1.29, 1.82) is 0 Å².